The molecule has 4 N–H and O–H groups in total. The number of carbonyl (C=O) groups is 5. The lowest BCUT2D eigenvalue weighted by Gasteiger charge is -2.34. The number of sulfonamides is 1. The van der Waals surface area contributed by atoms with Gasteiger partial charge in [0.15, 0.2) is 5.82 Å². The van der Waals surface area contributed by atoms with E-state index in [1.165, 1.54) is 16.8 Å². The fraction of sp³-hybridized carbons (Fsp3) is 0.600. The fourth-order valence-electron chi connectivity index (χ4n) is 7.09. The standard InChI is InChI=1S/C35H47N7O8S/c1-34(2,3)50-33(47)39-26-15-9-7-5-6-8-12-21-19-35(21,32(46)40-51(48,49)23-16-17-23)41(4)31(45)27-18-22(20-42(27)30(26)44)36-29(43)28-37-24-13-10-11-14-25(24)38-28/h8,10-14,21-23,26-27H,5-7,9,15-20H2,1-4H3,(H,36,43)(H,37,38)(H,39,47)(H,40,46)/t21-,22-,26+,27+,35-/m1/s1. The van der Waals surface area contributed by atoms with Gasteiger partial charge in [0, 0.05) is 25.6 Å². The molecule has 2 aliphatic heterocycles. The van der Waals surface area contributed by atoms with Crippen molar-refractivity contribution in [1.82, 2.24) is 35.1 Å². The normalized spacial score (nSPS) is 27.5. The second-order valence-electron chi connectivity index (χ2n) is 15.1. The van der Waals surface area contributed by atoms with Gasteiger partial charge >= 0.3 is 6.09 Å². The van der Waals surface area contributed by atoms with Crippen LogP contribution in [-0.2, 0) is 29.1 Å². The third kappa shape index (κ3) is 7.90. The summed E-state index contributed by atoms with van der Waals surface area (Å²) in [5, 5.41) is 4.98. The number of fused-ring (bicyclic) bond motifs is 3. The first-order valence-corrected chi connectivity index (χ1v) is 19.2. The SMILES string of the molecule is CN1C(=O)[C@@H]2C[C@@H](NC(=O)c3nc4ccccc4[nH]3)CN2C(=O)[C@@H](NC(=O)OC(C)(C)C)CCCCCC=C[C@@H]2C[C@]21C(=O)NS(=O)(=O)C1CC1. The third-order valence-electron chi connectivity index (χ3n) is 10.0. The Bertz CT molecular complexity index is 1820. The molecule has 3 fully saturated rings. The van der Waals surface area contributed by atoms with Gasteiger partial charge in [-0.3, -0.25) is 23.9 Å². The van der Waals surface area contributed by atoms with Crippen molar-refractivity contribution < 1.29 is 37.1 Å². The van der Waals surface area contributed by atoms with Crippen LogP contribution in [0, 0.1) is 5.92 Å². The summed E-state index contributed by atoms with van der Waals surface area (Å²) in [7, 11) is -2.45. The molecule has 3 heterocycles. The Labute approximate surface area is 297 Å². The summed E-state index contributed by atoms with van der Waals surface area (Å²) in [6.45, 7) is 5.09. The van der Waals surface area contributed by atoms with E-state index in [-0.39, 0.29) is 25.2 Å². The van der Waals surface area contributed by atoms with Crippen LogP contribution < -0.4 is 15.4 Å². The van der Waals surface area contributed by atoms with Gasteiger partial charge in [0.1, 0.15) is 23.2 Å². The summed E-state index contributed by atoms with van der Waals surface area (Å²) in [6.07, 6.45) is 7.31. The van der Waals surface area contributed by atoms with Gasteiger partial charge in [-0.05, 0) is 77.8 Å². The molecule has 1 aromatic heterocycles. The van der Waals surface area contributed by atoms with Crippen molar-refractivity contribution in [2.24, 2.45) is 5.92 Å². The summed E-state index contributed by atoms with van der Waals surface area (Å²) in [5.41, 5.74) is -1.02. The van der Waals surface area contributed by atoms with Crippen molar-refractivity contribution in [3.05, 3.63) is 42.2 Å². The van der Waals surface area contributed by atoms with Crippen molar-refractivity contribution in [3.8, 4) is 0 Å². The van der Waals surface area contributed by atoms with Crippen LogP contribution in [0.2, 0.25) is 0 Å². The number of allylic oxidation sites excluding steroid dienone is 1. The summed E-state index contributed by atoms with van der Waals surface area (Å²) in [5.74, 6) is -2.77. The third-order valence-corrected chi connectivity index (χ3v) is 11.9. The summed E-state index contributed by atoms with van der Waals surface area (Å²) < 4.78 is 33.4. The summed E-state index contributed by atoms with van der Waals surface area (Å²) in [6, 6.07) is 4.33. The molecule has 6 rings (SSSR count). The van der Waals surface area contributed by atoms with Gasteiger partial charge in [-0.1, -0.05) is 37.1 Å². The number of imidazole rings is 1. The molecule has 5 amide bonds. The van der Waals surface area contributed by atoms with E-state index in [1.54, 1.807) is 39.0 Å². The average Bonchev–Trinajstić information content (AvgIpc) is 3.96. The molecular weight excluding hydrogens is 678 g/mol. The summed E-state index contributed by atoms with van der Waals surface area (Å²) in [4.78, 5) is 79.0. The highest BCUT2D eigenvalue weighted by Crippen LogP contribution is 2.50. The maximum atomic E-state index is 14.5. The molecule has 276 valence electrons. The van der Waals surface area contributed by atoms with Crippen molar-refractivity contribution in [2.75, 3.05) is 13.6 Å². The predicted octanol–water partition coefficient (Wildman–Crippen LogP) is 2.50. The van der Waals surface area contributed by atoms with E-state index in [4.69, 9.17) is 4.74 Å². The molecule has 0 spiro atoms. The molecular formula is C35H47N7O8S. The maximum Gasteiger partial charge on any atom is 0.408 e. The van der Waals surface area contributed by atoms with E-state index in [1.807, 2.05) is 18.2 Å². The van der Waals surface area contributed by atoms with E-state index in [0.717, 1.165) is 12.8 Å². The molecule has 0 bridgehead atoms. The van der Waals surface area contributed by atoms with Crippen LogP contribution >= 0.6 is 0 Å². The highest BCUT2D eigenvalue weighted by Gasteiger charge is 2.65. The monoisotopic (exact) mass is 725 g/mol. The number of amides is 5. The Morgan fingerprint density at radius 2 is 1.76 bits per heavy atom. The minimum absolute atomic E-state index is 0.0125. The Balaban J connectivity index is 1.30. The predicted molar refractivity (Wildman–Crippen MR) is 187 cm³/mol. The number of nitrogens with zero attached hydrogens (tertiary/aromatic N) is 3. The minimum atomic E-state index is -3.91. The first-order valence-electron chi connectivity index (χ1n) is 17.6. The van der Waals surface area contributed by atoms with Gasteiger partial charge < -0.3 is 30.2 Å². The number of para-hydroxylation sites is 2. The van der Waals surface area contributed by atoms with E-state index in [9.17, 15) is 32.4 Å². The van der Waals surface area contributed by atoms with Gasteiger partial charge in [-0.15, -0.1) is 0 Å². The topological polar surface area (TPSA) is 200 Å². The first-order chi connectivity index (χ1) is 24.1. The van der Waals surface area contributed by atoms with Gasteiger partial charge in [0.25, 0.3) is 11.8 Å². The smallest absolute Gasteiger partial charge is 0.408 e. The first kappa shape index (κ1) is 36.3. The lowest BCUT2D eigenvalue weighted by Crippen LogP contribution is -2.58. The molecule has 15 nitrogen and oxygen atoms in total. The van der Waals surface area contributed by atoms with Crippen molar-refractivity contribution in [3.63, 3.8) is 0 Å². The lowest BCUT2D eigenvalue weighted by molar-refractivity contribution is -0.148. The Hall–Kier alpha value is -4.47. The Morgan fingerprint density at radius 3 is 2.47 bits per heavy atom. The van der Waals surface area contributed by atoms with E-state index >= 15 is 0 Å². The number of benzene rings is 1. The van der Waals surface area contributed by atoms with Gasteiger partial charge in [-0.25, -0.2) is 18.2 Å². The van der Waals surface area contributed by atoms with Crippen LogP contribution in [0.4, 0.5) is 4.79 Å². The number of hydrogen-bond donors (Lipinski definition) is 4. The van der Waals surface area contributed by atoms with Crippen molar-refractivity contribution >= 4 is 50.8 Å². The number of hydrogen-bond acceptors (Lipinski definition) is 9. The Kier molecular flexibility index (Phi) is 9.92. The number of alkyl carbamates (subject to hydrolysis) is 1. The number of rotatable bonds is 6. The molecule has 2 aliphatic carbocycles. The van der Waals surface area contributed by atoms with E-state index in [2.05, 4.69) is 25.3 Å². The average molecular weight is 726 g/mol. The number of likely N-dealkylation sites (N-methyl/N-ethyl adjacent to an activating group) is 1. The molecule has 16 heteroatoms. The zero-order valence-electron chi connectivity index (χ0n) is 29.4. The summed E-state index contributed by atoms with van der Waals surface area (Å²) >= 11 is 0. The molecule has 1 aromatic carbocycles. The second-order valence-corrected chi connectivity index (χ2v) is 17.0. The highest BCUT2D eigenvalue weighted by atomic mass is 32.2. The highest BCUT2D eigenvalue weighted by molar-refractivity contribution is 7.91. The molecule has 5 atom stereocenters. The lowest BCUT2D eigenvalue weighted by atomic mass is 10.0. The van der Waals surface area contributed by atoms with Gasteiger partial charge in [-0.2, -0.15) is 0 Å². The van der Waals surface area contributed by atoms with Crippen molar-refractivity contribution in [1.29, 1.82) is 0 Å². The maximum absolute atomic E-state index is 14.5. The van der Waals surface area contributed by atoms with Crippen LogP contribution in [0.3, 0.4) is 0 Å². The van der Waals surface area contributed by atoms with Crippen LogP contribution in [0.15, 0.2) is 36.4 Å². The second kappa shape index (κ2) is 13.9. The largest absolute Gasteiger partial charge is 0.444 e. The number of aromatic amines is 1. The fourth-order valence-corrected chi connectivity index (χ4v) is 8.45. The zero-order valence-corrected chi connectivity index (χ0v) is 30.3. The number of aromatic nitrogens is 2. The van der Waals surface area contributed by atoms with Crippen LogP contribution in [-0.4, -0.2) is 106 Å². The number of nitrogens with one attached hydrogen (secondary N) is 4. The van der Waals surface area contributed by atoms with Gasteiger partial charge in [0.05, 0.1) is 16.3 Å². The molecule has 1 saturated heterocycles. The zero-order chi connectivity index (χ0) is 36.7. The quantitative estimate of drug-likeness (QED) is 0.323. The van der Waals surface area contributed by atoms with Crippen LogP contribution in [0.25, 0.3) is 11.0 Å². The molecule has 0 unspecified atom stereocenters. The van der Waals surface area contributed by atoms with Crippen LogP contribution in [0.1, 0.15) is 89.2 Å². The molecule has 4 aliphatic rings. The van der Waals surface area contributed by atoms with Gasteiger partial charge in [0.2, 0.25) is 21.8 Å². The molecule has 2 aromatic rings. The molecule has 0 radical (unpaired) electrons. The molecule has 2 saturated carbocycles. The number of carbonyl (C=O) groups excluding carboxylic acids is 5. The van der Waals surface area contributed by atoms with E-state index < -0.39 is 80.2 Å². The Morgan fingerprint density at radius 1 is 1.02 bits per heavy atom. The number of ether oxygens (including phenoxy) is 1. The molecule has 51 heavy (non-hydrogen) atoms. The number of H-pyrrole nitrogens is 1. The van der Waals surface area contributed by atoms with E-state index in [0.29, 0.717) is 43.1 Å². The van der Waals surface area contributed by atoms with Crippen molar-refractivity contribution in [2.45, 2.75) is 113 Å². The van der Waals surface area contributed by atoms with Crippen LogP contribution in [0.5, 0.6) is 0 Å². The minimum Gasteiger partial charge on any atom is -0.444 e.